The summed E-state index contributed by atoms with van der Waals surface area (Å²) < 4.78 is 10.8. The molecule has 0 unspecified atom stereocenters. The van der Waals surface area contributed by atoms with Crippen molar-refractivity contribution < 1.29 is 14.3 Å². The van der Waals surface area contributed by atoms with Crippen LogP contribution in [0.5, 0.6) is 0 Å². The number of carbonyl (C=O) groups is 1. The first-order valence-corrected chi connectivity index (χ1v) is 6.62. The molecule has 2 heterocycles. The first-order chi connectivity index (χ1) is 8.75. The van der Waals surface area contributed by atoms with Crippen molar-refractivity contribution in [3.05, 3.63) is 0 Å². The summed E-state index contributed by atoms with van der Waals surface area (Å²) in [5, 5.41) is 3.19. The second kappa shape index (κ2) is 7.04. The third kappa shape index (κ3) is 4.20. The SMILES string of the molecule is CN1CCO[C@@H](CNCC(=O)N2CCOCC2)C1. The van der Waals surface area contributed by atoms with Gasteiger partial charge in [0.25, 0.3) is 0 Å². The number of morpholine rings is 2. The predicted molar refractivity (Wildman–Crippen MR) is 67.5 cm³/mol. The molecule has 0 spiro atoms. The number of amides is 1. The van der Waals surface area contributed by atoms with E-state index in [0.717, 1.165) is 26.2 Å². The van der Waals surface area contributed by atoms with Crippen LogP contribution in [0.4, 0.5) is 0 Å². The van der Waals surface area contributed by atoms with Crippen LogP contribution in [0.3, 0.4) is 0 Å². The molecule has 0 bridgehead atoms. The molecule has 2 rings (SSSR count). The van der Waals surface area contributed by atoms with Gasteiger partial charge in [-0.1, -0.05) is 0 Å². The number of hydrogen-bond donors (Lipinski definition) is 1. The molecule has 0 aromatic rings. The Bertz CT molecular complexity index is 269. The molecule has 0 radical (unpaired) electrons. The van der Waals surface area contributed by atoms with E-state index in [1.807, 2.05) is 4.90 Å². The van der Waals surface area contributed by atoms with Crippen LogP contribution < -0.4 is 5.32 Å². The first kappa shape index (κ1) is 13.7. The molecule has 6 nitrogen and oxygen atoms in total. The van der Waals surface area contributed by atoms with Gasteiger partial charge in [0.15, 0.2) is 0 Å². The Balaban J connectivity index is 1.60. The Morgan fingerprint density at radius 2 is 2.06 bits per heavy atom. The van der Waals surface area contributed by atoms with Gasteiger partial charge in [-0.25, -0.2) is 0 Å². The molecule has 2 aliphatic rings. The van der Waals surface area contributed by atoms with Gasteiger partial charge in [0.2, 0.25) is 5.91 Å². The quantitative estimate of drug-likeness (QED) is 0.683. The highest BCUT2D eigenvalue weighted by Crippen LogP contribution is 2.01. The number of likely N-dealkylation sites (N-methyl/N-ethyl adjacent to an activating group) is 1. The molecular formula is C12H23N3O3. The Kier molecular flexibility index (Phi) is 5.37. The zero-order chi connectivity index (χ0) is 12.8. The van der Waals surface area contributed by atoms with Crippen molar-refractivity contribution in [2.45, 2.75) is 6.10 Å². The van der Waals surface area contributed by atoms with Gasteiger partial charge in [-0.05, 0) is 7.05 Å². The summed E-state index contributed by atoms with van der Waals surface area (Å²) in [6.07, 6.45) is 0.196. The first-order valence-electron chi connectivity index (χ1n) is 6.62. The molecule has 18 heavy (non-hydrogen) atoms. The van der Waals surface area contributed by atoms with Crippen LogP contribution in [-0.4, -0.2) is 87.9 Å². The molecule has 0 aromatic carbocycles. The fourth-order valence-electron chi connectivity index (χ4n) is 2.25. The van der Waals surface area contributed by atoms with E-state index in [4.69, 9.17) is 9.47 Å². The molecule has 2 fully saturated rings. The second-order valence-corrected chi connectivity index (χ2v) is 4.88. The van der Waals surface area contributed by atoms with Gasteiger partial charge in [0, 0.05) is 32.7 Å². The number of carbonyl (C=O) groups excluding carboxylic acids is 1. The number of hydrogen-bond acceptors (Lipinski definition) is 5. The highest BCUT2D eigenvalue weighted by Gasteiger charge is 2.19. The topological polar surface area (TPSA) is 54.0 Å². The van der Waals surface area contributed by atoms with Crippen LogP contribution in [0.15, 0.2) is 0 Å². The van der Waals surface area contributed by atoms with Crippen molar-refractivity contribution in [3.8, 4) is 0 Å². The van der Waals surface area contributed by atoms with E-state index in [1.165, 1.54) is 0 Å². The average molecular weight is 257 g/mol. The molecule has 1 amide bonds. The second-order valence-electron chi connectivity index (χ2n) is 4.88. The largest absolute Gasteiger partial charge is 0.378 e. The lowest BCUT2D eigenvalue weighted by molar-refractivity contribution is -0.134. The fraction of sp³-hybridized carbons (Fsp3) is 0.917. The maximum absolute atomic E-state index is 11.9. The van der Waals surface area contributed by atoms with Crippen LogP contribution in [-0.2, 0) is 14.3 Å². The van der Waals surface area contributed by atoms with E-state index < -0.39 is 0 Å². The molecule has 0 saturated carbocycles. The maximum Gasteiger partial charge on any atom is 0.236 e. The van der Waals surface area contributed by atoms with Crippen LogP contribution >= 0.6 is 0 Å². The monoisotopic (exact) mass is 257 g/mol. The number of ether oxygens (including phenoxy) is 2. The minimum absolute atomic E-state index is 0.155. The summed E-state index contributed by atoms with van der Waals surface area (Å²) in [6, 6.07) is 0. The van der Waals surface area contributed by atoms with Gasteiger partial charge in [-0.2, -0.15) is 0 Å². The minimum Gasteiger partial charge on any atom is -0.378 e. The van der Waals surface area contributed by atoms with Crippen LogP contribution in [0, 0.1) is 0 Å². The highest BCUT2D eigenvalue weighted by atomic mass is 16.5. The Morgan fingerprint density at radius 1 is 1.28 bits per heavy atom. The Hall–Kier alpha value is -0.690. The smallest absolute Gasteiger partial charge is 0.236 e. The summed E-state index contributed by atoms with van der Waals surface area (Å²) >= 11 is 0. The molecule has 0 aromatic heterocycles. The third-order valence-corrected chi connectivity index (χ3v) is 3.35. The van der Waals surface area contributed by atoms with Crippen molar-refractivity contribution in [1.82, 2.24) is 15.1 Å². The van der Waals surface area contributed by atoms with Crippen molar-refractivity contribution in [2.24, 2.45) is 0 Å². The van der Waals surface area contributed by atoms with Crippen LogP contribution in [0.2, 0.25) is 0 Å². The number of nitrogens with one attached hydrogen (secondary N) is 1. The summed E-state index contributed by atoms with van der Waals surface area (Å²) in [5.41, 5.74) is 0. The average Bonchev–Trinajstić information content (AvgIpc) is 2.40. The zero-order valence-electron chi connectivity index (χ0n) is 11.1. The molecule has 6 heteroatoms. The summed E-state index contributed by atoms with van der Waals surface area (Å²) in [6.45, 7) is 6.56. The molecule has 0 aliphatic carbocycles. The Labute approximate surface area is 108 Å². The van der Waals surface area contributed by atoms with Crippen LogP contribution in [0.1, 0.15) is 0 Å². The standard InChI is InChI=1S/C12H23N3O3/c1-14-2-7-18-11(10-14)8-13-9-12(16)15-3-5-17-6-4-15/h11,13H,2-10H2,1H3/t11-/m0/s1. The number of nitrogens with zero attached hydrogens (tertiary/aromatic N) is 2. The van der Waals surface area contributed by atoms with E-state index in [9.17, 15) is 4.79 Å². The molecular weight excluding hydrogens is 234 g/mol. The predicted octanol–water partition coefficient (Wildman–Crippen LogP) is -1.23. The van der Waals surface area contributed by atoms with Gasteiger partial charge >= 0.3 is 0 Å². The van der Waals surface area contributed by atoms with Gasteiger partial charge in [-0.15, -0.1) is 0 Å². The van der Waals surface area contributed by atoms with E-state index in [1.54, 1.807) is 0 Å². The third-order valence-electron chi connectivity index (χ3n) is 3.35. The highest BCUT2D eigenvalue weighted by molar-refractivity contribution is 5.78. The lowest BCUT2D eigenvalue weighted by Crippen LogP contribution is -2.48. The number of rotatable bonds is 4. The van der Waals surface area contributed by atoms with Crippen LogP contribution in [0.25, 0.3) is 0 Å². The van der Waals surface area contributed by atoms with Gasteiger partial charge in [0.05, 0.1) is 32.5 Å². The van der Waals surface area contributed by atoms with E-state index in [0.29, 0.717) is 32.8 Å². The van der Waals surface area contributed by atoms with Gasteiger partial charge < -0.3 is 24.6 Å². The molecule has 2 saturated heterocycles. The summed E-state index contributed by atoms with van der Waals surface area (Å²) in [4.78, 5) is 16.0. The Morgan fingerprint density at radius 3 is 2.78 bits per heavy atom. The van der Waals surface area contributed by atoms with Crippen molar-refractivity contribution in [2.75, 3.05) is 66.1 Å². The normalized spacial score (nSPS) is 26.3. The zero-order valence-corrected chi connectivity index (χ0v) is 11.1. The fourth-order valence-corrected chi connectivity index (χ4v) is 2.25. The lowest BCUT2D eigenvalue weighted by atomic mass is 10.3. The van der Waals surface area contributed by atoms with Crippen molar-refractivity contribution in [1.29, 1.82) is 0 Å². The minimum atomic E-state index is 0.155. The maximum atomic E-state index is 11.9. The summed E-state index contributed by atoms with van der Waals surface area (Å²) in [5.74, 6) is 0.155. The van der Waals surface area contributed by atoms with Gasteiger partial charge in [0.1, 0.15) is 0 Å². The van der Waals surface area contributed by atoms with Gasteiger partial charge in [-0.3, -0.25) is 4.79 Å². The van der Waals surface area contributed by atoms with Crippen molar-refractivity contribution in [3.63, 3.8) is 0 Å². The lowest BCUT2D eigenvalue weighted by Gasteiger charge is -2.30. The van der Waals surface area contributed by atoms with E-state index in [-0.39, 0.29) is 12.0 Å². The van der Waals surface area contributed by atoms with Crippen molar-refractivity contribution >= 4 is 5.91 Å². The van der Waals surface area contributed by atoms with E-state index in [2.05, 4.69) is 17.3 Å². The molecule has 1 N–H and O–H groups in total. The molecule has 1 atom stereocenters. The summed E-state index contributed by atoms with van der Waals surface area (Å²) in [7, 11) is 2.09. The molecule has 2 aliphatic heterocycles. The molecule has 104 valence electrons. The van der Waals surface area contributed by atoms with E-state index >= 15 is 0 Å².